The van der Waals surface area contributed by atoms with Crippen LogP contribution in [0.2, 0.25) is 0 Å². The molecule has 0 bridgehead atoms. The number of aliphatic hydroxyl groups excluding tert-OH is 1. The Morgan fingerprint density at radius 3 is 2.41 bits per heavy atom. The van der Waals surface area contributed by atoms with Crippen LogP contribution in [0.15, 0.2) is 48.5 Å². The number of benzene rings is 2. The highest BCUT2D eigenvalue weighted by molar-refractivity contribution is 5.85. The van der Waals surface area contributed by atoms with Crippen LogP contribution in [-0.2, 0) is 6.54 Å². The van der Waals surface area contributed by atoms with Gasteiger partial charge >= 0.3 is 0 Å². The molecule has 0 aliphatic heterocycles. The van der Waals surface area contributed by atoms with Crippen molar-refractivity contribution < 1.29 is 14.6 Å². The van der Waals surface area contributed by atoms with E-state index in [1.807, 2.05) is 48.5 Å². The van der Waals surface area contributed by atoms with Crippen LogP contribution in [0.5, 0.6) is 11.5 Å². The average Bonchev–Trinajstić information content (AvgIpc) is 2.55. The van der Waals surface area contributed by atoms with E-state index in [0.29, 0.717) is 13.1 Å². The lowest BCUT2D eigenvalue weighted by atomic mass is 10.1. The van der Waals surface area contributed by atoms with Gasteiger partial charge in [0.25, 0.3) is 0 Å². The van der Waals surface area contributed by atoms with Gasteiger partial charge in [-0.3, -0.25) is 0 Å². The Morgan fingerprint density at radius 2 is 1.77 bits per heavy atom. The van der Waals surface area contributed by atoms with Gasteiger partial charge in [-0.1, -0.05) is 36.4 Å². The van der Waals surface area contributed by atoms with E-state index in [9.17, 15) is 5.11 Å². The van der Waals surface area contributed by atoms with Gasteiger partial charge < -0.3 is 19.9 Å². The Bertz CT molecular complexity index is 563. The summed E-state index contributed by atoms with van der Waals surface area (Å²) in [6.07, 6.45) is -0.518. The molecule has 2 rings (SSSR count). The molecule has 0 saturated carbocycles. The summed E-state index contributed by atoms with van der Waals surface area (Å²) >= 11 is 0. The molecular weight excluding hydrogens is 302 g/mol. The molecule has 0 spiro atoms. The predicted octanol–water partition coefficient (Wildman–Crippen LogP) is 2.95. The van der Waals surface area contributed by atoms with Gasteiger partial charge in [-0.25, -0.2) is 0 Å². The van der Waals surface area contributed by atoms with Gasteiger partial charge in [0.05, 0.1) is 20.3 Å². The van der Waals surface area contributed by atoms with E-state index < -0.39 is 6.10 Å². The first-order valence-corrected chi connectivity index (χ1v) is 6.89. The van der Waals surface area contributed by atoms with Crippen molar-refractivity contribution in [3.63, 3.8) is 0 Å². The highest BCUT2D eigenvalue weighted by Gasteiger charge is 2.08. The Morgan fingerprint density at radius 1 is 1.05 bits per heavy atom. The molecule has 120 valence electrons. The molecule has 0 radical (unpaired) electrons. The Labute approximate surface area is 137 Å². The fraction of sp³-hybridized carbons (Fsp3) is 0.294. The van der Waals surface area contributed by atoms with Gasteiger partial charge in [-0.15, -0.1) is 12.4 Å². The monoisotopic (exact) mass is 323 g/mol. The van der Waals surface area contributed by atoms with Gasteiger partial charge in [0.1, 0.15) is 11.5 Å². The number of halogens is 1. The second kappa shape index (κ2) is 9.30. The third-order valence-electron chi connectivity index (χ3n) is 3.33. The van der Waals surface area contributed by atoms with Gasteiger partial charge in [-0.2, -0.15) is 0 Å². The first-order chi connectivity index (χ1) is 10.2. The van der Waals surface area contributed by atoms with E-state index in [1.54, 1.807) is 14.2 Å². The van der Waals surface area contributed by atoms with Gasteiger partial charge in [0, 0.05) is 24.7 Å². The summed E-state index contributed by atoms with van der Waals surface area (Å²) in [4.78, 5) is 0. The zero-order chi connectivity index (χ0) is 15.1. The standard InChI is InChI=1S/C17H21NO3.ClH/c1-20-15-9-8-14(17(10-15)21-2)11-18-12-16(19)13-6-4-3-5-7-13;/h3-10,16,18-19H,11-12H2,1-2H3;1H. The molecule has 2 aromatic carbocycles. The van der Waals surface area contributed by atoms with E-state index in [4.69, 9.17) is 9.47 Å². The molecule has 0 aromatic heterocycles. The highest BCUT2D eigenvalue weighted by Crippen LogP contribution is 2.24. The first kappa shape index (κ1) is 18.3. The maximum Gasteiger partial charge on any atom is 0.127 e. The Balaban J connectivity index is 0.00000242. The molecule has 4 nitrogen and oxygen atoms in total. The number of hydrogen-bond acceptors (Lipinski definition) is 4. The summed E-state index contributed by atoms with van der Waals surface area (Å²) in [5.74, 6) is 1.54. The van der Waals surface area contributed by atoms with E-state index in [0.717, 1.165) is 22.6 Å². The molecule has 0 amide bonds. The topological polar surface area (TPSA) is 50.7 Å². The first-order valence-electron chi connectivity index (χ1n) is 6.89. The lowest BCUT2D eigenvalue weighted by molar-refractivity contribution is 0.174. The van der Waals surface area contributed by atoms with Crippen molar-refractivity contribution in [2.24, 2.45) is 0 Å². The number of ether oxygens (including phenoxy) is 2. The summed E-state index contributed by atoms with van der Waals surface area (Å²) in [5.41, 5.74) is 1.94. The molecule has 0 aliphatic rings. The van der Waals surface area contributed by atoms with Crippen molar-refractivity contribution in [1.29, 1.82) is 0 Å². The summed E-state index contributed by atoms with van der Waals surface area (Å²) < 4.78 is 10.5. The smallest absolute Gasteiger partial charge is 0.127 e. The average molecular weight is 324 g/mol. The molecule has 0 heterocycles. The molecule has 5 heteroatoms. The van der Waals surface area contributed by atoms with Crippen LogP contribution >= 0.6 is 12.4 Å². The number of nitrogens with one attached hydrogen (secondary N) is 1. The minimum Gasteiger partial charge on any atom is -0.497 e. The molecule has 22 heavy (non-hydrogen) atoms. The van der Waals surface area contributed by atoms with E-state index in [2.05, 4.69) is 5.32 Å². The maximum atomic E-state index is 10.1. The van der Waals surface area contributed by atoms with Gasteiger partial charge in [-0.05, 0) is 11.6 Å². The number of rotatable bonds is 7. The molecule has 0 fully saturated rings. The maximum absolute atomic E-state index is 10.1. The molecule has 2 N–H and O–H groups in total. The zero-order valence-corrected chi connectivity index (χ0v) is 13.6. The van der Waals surface area contributed by atoms with Crippen LogP contribution in [0.25, 0.3) is 0 Å². The summed E-state index contributed by atoms with van der Waals surface area (Å²) in [6, 6.07) is 15.3. The number of aliphatic hydroxyl groups is 1. The normalized spacial score (nSPS) is 11.4. The lowest BCUT2D eigenvalue weighted by Gasteiger charge is -2.14. The van der Waals surface area contributed by atoms with Gasteiger partial charge in [0.15, 0.2) is 0 Å². The SMILES string of the molecule is COc1ccc(CNCC(O)c2ccccc2)c(OC)c1.Cl. The summed E-state index contributed by atoms with van der Waals surface area (Å²) in [7, 11) is 3.26. The van der Waals surface area contributed by atoms with Crippen molar-refractivity contribution in [2.45, 2.75) is 12.6 Å². The van der Waals surface area contributed by atoms with E-state index in [-0.39, 0.29) is 12.4 Å². The van der Waals surface area contributed by atoms with Crippen molar-refractivity contribution in [2.75, 3.05) is 20.8 Å². The minimum absolute atomic E-state index is 0. The van der Waals surface area contributed by atoms with Crippen LogP contribution in [0.4, 0.5) is 0 Å². The number of hydrogen-bond donors (Lipinski definition) is 2. The van der Waals surface area contributed by atoms with Crippen LogP contribution in [0.1, 0.15) is 17.2 Å². The third-order valence-corrected chi connectivity index (χ3v) is 3.33. The Hall–Kier alpha value is -1.75. The Kier molecular flexibility index (Phi) is 7.74. The summed E-state index contributed by atoms with van der Waals surface area (Å²) in [5, 5.41) is 13.3. The third kappa shape index (κ3) is 4.91. The largest absolute Gasteiger partial charge is 0.497 e. The highest BCUT2D eigenvalue weighted by atomic mass is 35.5. The van der Waals surface area contributed by atoms with Crippen LogP contribution in [0, 0.1) is 0 Å². The van der Waals surface area contributed by atoms with Crippen LogP contribution in [-0.4, -0.2) is 25.9 Å². The van der Waals surface area contributed by atoms with Crippen molar-refractivity contribution in [1.82, 2.24) is 5.32 Å². The van der Waals surface area contributed by atoms with Gasteiger partial charge in [0.2, 0.25) is 0 Å². The fourth-order valence-electron chi connectivity index (χ4n) is 2.13. The second-order valence-electron chi connectivity index (χ2n) is 4.74. The fourth-order valence-corrected chi connectivity index (χ4v) is 2.13. The lowest BCUT2D eigenvalue weighted by Crippen LogP contribution is -2.21. The second-order valence-corrected chi connectivity index (χ2v) is 4.74. The zero-order valence-electron chi connectivity index (χ0n) is 12.8. The molecule has 0 aliphatic carbocycles. The van der Waals surface area contributed by atoms with Crippen molar-refractivity contribution in [3.05, 3.63) is 59.7 Å². The quantitative estimate of drug-likeness (QED) is 0.822. The summed E-state index contributed by atoms with van der Waals surface area (Å²) in [6.45, 7) is 1.11. The molecule has 1 atom stereocenters. The van der Waals surface area contributed by atoms with Crippen LogP contribution in [0.3, 0.4) is 0 Å². The van der Waals surface area contributed by atoms with Crippen LogP contribution < -0.4 is 14.8 Å². The minimum atomic E-state index is -0.518. The molecule has 0 saturated heterocycles. The van der Waals surface area contributed by atoms with Crippen molar-refractivity contribution >= 4 is 12.4 Å². The van der Waals surface area contributed by atoms with E-state index >= 15 is 0 Å². The predicted molar refractivity (Wildman–Crippen MR) is 89.9 cm³/mol. The molecular formula is C17H22ClNO3. The molecule has 1 unspecified atom stereocenters. The molecule has 2 aromatic rings. The number of methoxy groups -OCH3 is 2. The van der Waals surface area contributed by atoms with E-state index in [1.165, 1.54) is 0 Å². The van der Waals surface area contributed by atoms with Crippen molar-refractivity contribution in [3.8, 4) is 11.5 Å².